The lowest BCUT2D eigenvalue weighted by Gasteiger charge is -2.07. The molecule has 4 nitrogen and oxygen atoms in total. The van der Waals surface area contributed by atoms with Gasteiger partial charge in [0.2, 0.25) is 0 Å². The van der Waals surface area contributed by atoms with Gasteiger partial charge >= 0.3 is 0 Å². The maximum Gasteiger partial charge on any atom is 0.269 e. The molecule has 1 heterocycles. The number of amides is 1. The zero-order valence-electron chi connectivity index (χ0n) is 6.80. The normalized spacial score (nSPS) is 10.6. The minimum absolute atomic E-state index is 0.0933. The molecule has 14 heavy (non-hydrogen) atoms. The monoisotopic (exact) mass is 265 g/mol. The molecule has 1 amide bonds. The number of carbonyl (C=O) groups is 1. The number of primary amides is 1. The van der Waals surface area contributed by atoms with E-state index in [-0.39, 0.29) is 16.0 Å². The summed E-state index contributed by atoms with van der Waals surface area (Å²) in [6.07, 6.45) is -2.77. The van der Waals surface area contributed by atoms with Crippen molar-refractivity contribution in [3.05, 3.63) is 21.9 Å². The summed E-state index contributed by atoms with van der Waals surface area (Å²) in [4.78, 5) is 14.4. The van der Waals surface area contributed by atoms with Gasteiger partial charge in [0.25, 0.3) is 12.3 Å². The standard InChI is InChI=1S/C7H6BrF2N3O/c8-3-1-2(6(9)10)4(11)5(13-3)7(12)14/h1,6H,11H2,(H2,12,14). The van der Waals surface area contributed by atoms with Gasteiger partial charge in [0.15, 0.2) is 5.69 Å². The molecular weight excluding hydrogens is 260 g/mol. The van der Waals surface area contributed by atoms with Gasteiger partial charge in [-0.2, -0.15) is 0 Å². The minimum atomic E-state index is -2.77. The number of pyridine rings is 1. The van der Waals surface area contributed by atoms with E-state index < -0.39 is 17.9 Å². The van der Waals surface area contributed by atoms with E-state index in [0.717, 1.165) is 6.07 Å². The molecule has 0 atom stereocenters. The van der Waals surface area contributed by atoms with Crippen LogP contribution in [0.4, 0.5) is 14.5 Å². The Labute approximate surface area is 86.4 Å². The fourth-order valence-corrected chi connectivity index (χ4v) is 1.33. The van der Waals surface area contributed by atoms with Crippen molar-refractivity contribution in [2.75, 3.05) is 5.73 Å². The zero-order valence-corrected chi connectivity index (χ0v) is 8.38. The topological polar surface area (TPSA) is 82.0 Å². The van der Waals surface area contributed by atoms with Crippen molar-refractivity contribution >= 4 is 27.5 Å². The second kappa shape index (κ2) is 3.87. The van der Waals surface area contributed by atoms with Crippen molar-refractivity contribution in [3.63, 3.8) is 0 Å². The highest BCUT2D eigenvalue weighted by Gasteiger charge is 2.19. The number of rotatable bonds is 2. The third-order valence-corrected chi connectivity index (χ3v) is 1.93. The Bertz CT molecular complexity index is 383. The second-order valence-corrected chi connectivity index (χ2v) is 3.27. The van der Waals surface area contributed by atoms with E-state index in [1.165, 1.54) is 0 Å². The molecule has 4 N–H and O–H groups in total. The lowest BCUT2D eigenvalue weighted by molar-refractivity contribution is 0.0996. The number of alkyl halides is 2. The first-order valence-corrected chi connectivity index (χ1v) is 4.26. The highest BCUT2D eigenvalue weighted by Crippen LogP contribution is 2.28. The Balaban J connectivity index is 3.40. The van der Waals surface area contributed by atoms with E-state index in [0.29, 0.717) is 0 Å². The summed E-state index contributed by atoms with van der Waals surface area (Å²) in [5.41, 5.74) is 9.01. The molecule has 0 saturated heterocycles. The number of carbonyl (C=O) groups excluding carboxylic acids is 1. The number of nitrogens with zero attached hydrogens (tertiary/aromatic N) is 1. The summed E-state index contributed by atoms with van der Waals surface area (Å²) in [7, 11) is 0. The Kier molecular flexibility index (Phi) is 3.00. The van der Waals surface area contributed by atoms with E-state index in [2.05, 4.69) is 20.9 Å². The van der Waals surface area contributed by atoms with Crippen LogP contribution >= 0.6 is 15.9 Å². The van der Waals surface area contributed by atoms with Gasteiger partial charge < -0.3 is 11.5 Å². The molecule has 0 fully saturated rings. The van der Waals surface area contributed by atoms with Crippen LogP contribution in [0.1, 0.15) is 22.5 Å². The predicted molar refractivity (Wildman–Crippen MR) is 49.8 cm³/mol. The predicted octanol–water partition coefficient (Wildman–Crippen LogP) is 1.46. The molecule has 0 aliphatic rings. The fraction of sp³-hybridized carbons (Fsp3) is 0.143. The van der Waals surface area contributed by atoms with Gasteiger partial charge in [-0.15, -0.1) is 0 Å². The first-order chi connectivity index (χ1) is 6.43. The summed E-state index contributed by atoms with van der Waals surface area (Å²) >= 11 is 2.88. The zero-order chi connectivity index (χ0) is 10.9. The van der Waals surface area contributed by atoms with Gasteiger partial charge in [0, 0.05) is 5.56 Å². The van der Waals surface area contributed by atoms with Gasteiger partial charge in [0.05, 0.1) is 5.69 Å². The van der Waals surface area contributed by atoms with Crippen molar-refractivity contribution in [2.45, 2.75) is 6.43 Å². The molecule has 76 valence electrons. The number of nitrogen functional groups attached to an aromatic ring is 1. The minimum Gasteiger partial charge on any atom is -0.396 e. The van der Waals surface area contributed by atoms with Crippen molar-refractivity contribution in [1.82, 2.24) is 4.98 Å². The molecule has 0 aliphatic carbocycles. The summed E-state index contributed by atoms with van der Waals surface area (Å²) in [5, 5.41) is 0. The summed E-state index contributed by atoms with van der Waals surface area (Å²) < 4.78 is 24.8. The molecule has 1 aromatic rings. The van der Waals surface area contributed by atoms with Crippen LogP contribution in [0.15, 0.2) is 10.7 Å². The average molecular weight is 266 g/mol. The van der Waals surface area contributed by atoms with E-state index in [1.807, 2.05) is 0 Å². The molecule has 7 heteroatoms. The SMILES string of the molecule is NC(=O)c1nc(Br)cc(C(F)F)c1N. The number of aromatic nitrogens is 1. The first-order valence-electron chi connectivity index (χ1n) is 3.47. The van der Waals surface area contributed by atoms with Gasteiger partial charge in [-0.1, -0.05) is 0 Å². The molecule has 0 radical (unpaired) electrons. The Morgan fingerprint density at radius 3 is 2.57 bits per heavy atom. The highest BCUT2D eigenvalue weighted by atomic mass is 79.9. The van der Waals surface area contributed by atoms with Crippen LogP contribution in [-0.4, -0.2) is 10.9 Å². The molecule has 0 bridgehead atoms. The van der Waals surface area contributed by atoms with Crippen LogP contribution in [0.3, 0.4) is 0 Å². The van der Waals surface area contributed by atoms with Crippen LogP contribution in [0, 0.1) is 0 Å². The van der Waals surface area contributed by atoms with Crippen molar-refractivity contribution in [3.8, 4) is 0 Å². The van der Waals surface area contributed by atoms with E-state index in [4.69, 9.17) is 11.5 Å². The molecular formula is C7H6BrF2N3O. The number of nitrogens with two attached hydrogens (primary N) is 2. The van der Waals surface area contributed by atoms with Gasteiger partial charge in [-0.25, -0.2) is 13.8 Å². The Morgan fingerprint density at radius 1 is 1.57 bits per heavy atom. The summed E-state index contributed by atoms with van der Waals surface area (Å²) in [6, 6.07) is 1.05. The van der Waals surface area contributed by atoms with E-state index in [1.54, 1.807) is 0 Å². The molecule has 0 aliphatic heterocycles. The van der Waals surface area contributed by atoms with Crippen molar-refractivity contribution < 1.29 is 13.6 Å². The Hall–Kier alpha value is -1.24. The summed E-state index contributed by atoms with van der Waals surface area (Å²) in [5.74, 6) is -0.939. The lowest BCUT2D eigenvalue weighted by Crippen LogP contribution is -2.17. The smallest absolute Gasteiger partial charge is 0.269 e. The molecule has 1 rings (SSSR count). The van der Waals surface area contributed by atoms with Crippen molar-refractivity contribution in [2.24, 2.45) is 5.73 Å². The number of halogens is 3. The third kappa shape index (κ3) is 1.98. The van der Waals surface area contributed by atoms with Gasteiger partial charge in [0.1, 0.15) is 4.60 Å². The van der Waals surface area contributed by atoms with Crippen LogP contribution in [-0.2, 0) is 0 Å². The molecule has 0 saturated carbocycles. The molecule has 1 aromatic heterocycles. The Morgan fingerprint density at radius 2 is 2.14 bits per heavy atom. The number of hydrogen-bond acceptors (Lipinski definition) is 3. The summed E-state index contributed by atoms with van der Waals surface area (Å²) in [6.45, 7) is 0. The maximum absolute atomic E-state index is 12.4. The first kappa shape index (κ1) is 10.8. The van der Waals surface area contributed by atoms with Gasteiger partial charge in [-0.05, 0) is 22.0 Å². The van der Waals surface area contributed by atoms with E-state index in [9.17, 15) is 13.6 Å². The van der Waals surface area contributed by atoms with Crippen LogP contribution in [0.2, 0.25) is 0 Å². The molecule has 0 spiro atoms. The maximum atomic E-state index is 12.4. The van der Waals surface area contributed by atoms with E-state index >= 15 is 0 Å². The van der Waals surface area contributed by atoms with Crippen molar-refractivity contribution in [1.29, 1.82) is 0 Å². The molecule has 0 unspecified atom stereocenters. The number of anilines is 1. The fourth-order valence-electron chi connectivity index (χ4n) is 0.910. The van der Waals surface area contributed by atoms with Crippen LogP contribution < -0.4 is 11.5 Å². The second-order valence-electron chi connectivity index (χ2n) is 2.46. The average Bonchev–Trinajstić information content (AvgIpc) is 2.07. The van der Waals surface area contributed by atoms with Crippen LogP contribution in [0.5, 0.6) is 0 Å². The van der Waals surface area contributed by atoms with Gasteiger partial charge in [-0.3, -0.25) is 4.79 Å². The third-order valence-electron chi connectivity index (χ3n) is 1.53. The van der Waals surface area contributed by atoms with Crippen LogP contribution in [0.25, 0.3) is 0 Å². The quantitative estimate of drug-likeness (QED) is 0.795. The number of hydrogen-bond donors (Lipinski definition) is 2. The lowest BCUT2D eigenvalue weighted by atomic mass is 10.2. The largest absolute Gasteiger partial charge is 0.396 e. The highest BCUT2D eigenvalue weighted by molar-refractivity contribution is 9.10. The molecule has 0 aromatic carbocycles.